The fourth-order valence-corrected chi connectivity index (χ4v) is 1.87. The lowest BCUT2D eigenvalue weighted by Crippen LogP contribution is -2.47. The zero-order chi connectivity index (χ0) is 11.1. The van der Waals surface area contributed by atoms with Crippen molar-refractivity contribution in [1.29, 1.82) is 5.41 Å². The van der Waals surface area contributed by atoms with Crippen LogP contribution < -0.4 is 0 Å². The molecule has 4 nitrogen and oxygen atoms in total. The minimum absolute atomic E-state index is 0.0708. The molecule has 1 rings (SSSR count). The van der Waals surface area contributed by atoms with Gasteiger partial charge in [0.2, 0.25) is 5.90 Å². The number of nitrogens with zero attached hydrogens (tertiary/aromatic N) is 1. The van der Waals surface area contributed by atoms with Crippen molar-refractivity contribution in [2.45, 2.75) is 38.8 Å². The molecule has 0 aromatic heterocycles. The number of hydrogen-bond acceptors (Lipinski definition) is 3. The molecule has 4 heteroatoms. The third kappa shape index (κ3) is 1.44. The molecule has 0 bridgehead atoms. The van der Waals surface area contributed by atoms with Gasteiger partial charge in [-0.05, 0) is 27.7 Å². The van der Waals surface area contributed by atoms with Gasteiger partial charge in [-0.15, -0.1) is 10.3 Å². The van der Waals surface area contributed by atoms with E-state index in [2.05, 4.69) is 0 Å². The fraction of sp³-hybridized carbons (Fsp3) is 0.700. The lowest BCUT2D eigenvalue weighted by molar-refractivity contribution is -0.237. The predicted molar refractivity (Wildman–Crippen MR) is 53.5 cm³/mol. The van der Waals surface area contributed by atoms with E-state index in [1.54, 1.807) is 19.9 Å². The quantitative estimate of drug-likeness (QED) is 0.514. The van der Waals surface area contributed by atoms with E-state index >= 15 is 0 Å². The summed E-state index contributed by atoms with van der Waals surface area (Å²) in [5.41, 5.74) is -0.597. The molecule has 0 spiro atoms. The van der Waals surface area contributed by atoms with Gasteiger partial charge in [-0.25, -0.2) is 0 Å². The Morgan fingerprint density at radius 1 is 1.43 bits per heavy atom. The summed E-state index contributed by atoms with van der Waals surface area (Å²) in [5, 5.41) is 20.5. The van der Waals surface area contributed by atoms with Crippen molar-refractivity contribution in [3.05, 3.63) is 11.6 Å². The van der Waals surface area contributed by atoms with Crippen molar-refractivity contribution in [1.82, 2.24) is 5.06 Å². The zero-order valence-electron chi connectivity index (χ0n) is 9.34. The minimum atomic E-state index is -0.684. The highest BCUT2D eigenvalue weighted by atomic mass is 16.5. The molecule has 1 heterocycles. The average Bonchev–Trinajstić information content (AvgIpc) is 2.25. The van der Waals surface area contributed by atoms with Gasteiger partial charge in [-0.3, -0.25) is 5.41 Å². The van der Waals surface area contributed by atoms with E-state index in [4.69, 9.17) is 10.1 Å². The van der Waals surface area contributed by atoms with Crippen LogP contribution in [0.3, 0.4) is 0 Å². The second-order valence-corrected chi connectivity index (χ2v) is 4.60. The van der Waals surface area contributed by atoms with Gasteiger partial charge in [0, 0.05) is 5.57 Å². The third-order valence-electron chi connectivity index (χ3n) is 2.64. The fourth-order valence-electron chi connectivity index (χ4n) is 1.87. The van der Waals surface area contributed by atoms with Crippen molar-refractivity contribution < 1.29 is 9.94 Å². The van der Waals surface area contributed by atoms with Crippen LogP contribution in [-0.4, -0.2) is 29.1 Å². The van der Waals surface area contributed by atoms with Crippen molar-refractivity contribution in [3.8, 4) is 0 Å². The van der Waals surface area contributed by atoms with Gasteiger partial charge in [0.25, 0.3) is 0 Å². The highest BCUT2D eigenvalue weighted by Crippen LogP contribution is 2.38. The molecule has 0 saturated heterocycles. The number of methoxy groups -OCH3 is 1. The summed E-state index contributed by atoms with van der Waals surface area (Å²) >= 11 is 0. The molecule has 1 N–H and O–H groups in total. The lowest BCUT2D eigenvalue weighted by atomic mass is 9.96. The first kappa shape index (κ1) is 11.2. The van der Waals surface area contributed by atoms with Gasteiger partial charge < -0.3 is 4.74 Å². The monoisotopic (exact) mass is 197 g/mol. The number of ether oxygens (including phenoxy) is 1. The number of hydroxylamine groups is 2. The molecule has 0 fully saturated rings. The highest BCUT2D eigenvalue weighted by molar-refractivity contribution is 5.94. The second-order valence-electron chi connectivity index (χ2n) is 4.60. The Hall–Kier alpha value is -0.870. The van der Waals surface area contributed by atoms with Crippen molar-refractivity contribution in [2.75, 3.05) is 7.11 Å². The van der Waals surface area contributed by atoms with E-state index in [0.29, 0.717) is 5.57 Å². The summed E-state index contributed by atoms with van der Waals surface area (Å²) in [7, 11) is 1.44. The number of rotatable bonds is 1. The van der Waals surface area contributed by atoms with Gasteiger partial charge in [-0.1, -0.05) is 6.08 Å². The molecule has 1 radical (unpaired) electrons. The van der Waals surface area contributed by atoms with Crippen LogP contribution in [0.1, 0.15) is 27.7 Å². The zero-order valence-corrected chi connectivity index (χ0v) is 9.34. The van der Waals surface area contributed by atoms with Crippen LogP contribution in [0.5, 0.6) is 0 Å². The molecular formula is C10H17N2O2. The summed E-state index contributed by atoms with van der Waals surface area (Å²) in [6.45, 7) is 7.26. The maximum absolute atomic E-state index is 11.9. The van der Waals surface area contributed by atoms with Crippen LogP contribution in [0.4, 0.5) is 0 Å². The Morgan fingerprint density at radius 3 is 2.21 bits per heavy atom. The topological polar surface area (TPSA) is 56.2 Å². The van der Waals surface area contributed by atoms with Gasteiger partial charge in [0.1, 0.15) is 0 Å². The van der Waals surface area contributed by atoms with E-state index in [-0.39, 0.29) is 5.90 Å². The number of hydrogen-bond donors (Lipinski definition) is 1. The molecule has 0 saturated carbocycles. The summed E-state index contributed by atoms with van der Waals surface area (Å²) in [5.74, 6) is 0.0708. The molecule has 1 aliphatic heterocycles. The van der Waals surface area contributed by atoms with Crippen LogP contribution in [0.15, 0.2) is 11.6 Å². The predicted octanol–water partition coefficient (Wildman–Crippen LogP) is 1.75. The Balaban J connectivity index is 3.13. The van der Waals surface area contributed by atoms with E-state index in [1.807, 2.05) is 13.8 Å². The SMILES string of the molecule is COC(=N)C1=CC(C)(C)N([O])C1(C)C. The average molecular weight is 197 g/mol. The molecule has 0 unspecified atom stereocenters. The first-order valence-electron chi connectivity index (χ1n) is 4.57. The maximum Gasteiger partial charge on any atom is 0.210 e. The molecule has 0 aromatic carbocycles. The Bertz CT molecular complexity index is 292. The van der Waals surface area contributed by atoms with Crippen molar-refractivity contribution in [3.63, 3.8) is 0 Å². The molecular weight excluding hydrogens is 180 g/mol. The highest BCUT2D eigenvalue weighted by Gasteiger charge is 2.48. The third-order valence-corrected chi connectivity index (χ3v) is 2.64. The Kier molecular flexibility index (Phi) is 2.46. The molecule has 1 aliphatic rings. The first-order chi connectivity index (χ1) is 6.23. The summed E-state index contributed by atoms with van der Waals surface area (Å²) in [4.78, 5) is 0. The normalized spacial score (nSPS) is 24.6. The van der Waals surface area contributed by atoms with Crippen LogP contribution in [0.25, 0.3) is 0 Å². The smallest absolute Gasteiger partial charge is 0.210 e. The standard InChI is InChI=1S/C10H17N2O2/c1-9(2)6-7(8(11)14-5)10(3,4)12(9)13/h6,11H,1-5H3. The summed E-state index contributed by atoms with van der Waals surface area (Å²) in [6, 6.07) is 0. The second kappa shape index (κ2) is 3.07. The molecule has 0 atom stereocenters. The van der Waals surface area contributed by atoms with Crippen molar-refractivity contribution >= 4 is 5.90 Å². The number of nitrogens with one attached hydrogen (secondary N) is 1. The van der Waals surface area contributed by atoms with E-state index in [9.17, 15) is 5.21 Å². The molecule has 0 aliphatic carbocycles. The first-order valence-corrected chi connectivity index (χ1v) is 4.57. The Labute approximate surface area is 84.6 Å². The van der Waals surface area contributed by atoms with Crippen LogP contribution in [0.2, 0.25) is 0 Å². The van der Waals surface area contributed by atoms with Crippen molar-refractivity contribution in [2.24, 2.45) is 0 Å². The van der Waals surface area contributed by atoms with E-state index < -0.39 is 11.1 Å². The molecule has 0 aromatic rings. The minimum Gasteiger partial charge on any atom is -0.481 e. The lowest BCUT2D eigenvalue weighted by Gasteiger charge is -2.33. The largest absolute Gasteiger partial charge is 0.481 e. The van der Waals surface area contributed by atoms with Gasteiger partial charge in [-0.2, -0.15) is 0 Å². The maximum atomic E-state index is 11.9. The van der Waals surface area contributed by atoms with Gasteiger partial charge in [0.05, 0.1) is 18.2 Å². The molecule has 0 amide bonds. The molecule has 79 valence electrons. The summed E-state index contributed by atoms with van der Waals surface area (Å²) < 4.78 is 4.86. The summed E-state index contributed by atoms with van der Waals surface area (Å²) in [6.07, 6.45) is 1.80. The Morgan fingerprint density at radius 2 is 1.93 bits per heavy atom. The van der Waals surface area contributed by atoms with Gasteiger partial charge in [0.15, 0.2) is 0 Å². The van der Waals surface area contributed by atoms with Crippen LogP contribution in [-0.2, 0) is 9.94 Å². The molecule has 14 heavy (non-hydrogen) atoms. The van der Waals surface area contributed by atoms with Crippen LogP contribution >= 0.6 is 0 Å². The van der Waals surface area contributed by atoms with Crippen LogP contribution in [0, 0.1) is 5.41 Å². The van der Waals surface area contributed by atoms with E-state index in [0.717, 1.165) is 5.06 Å². The van der Waals surface area contributed by atoms with E-state index in [1.165, 1.54) is 7.11 Å². The van der Waals surface area contributed by atoms with Gasteiger partial charge >= 0.3 is 0 Å².